The van der Waals surface area contributed by atoms with E-state index in [4.69, 9.17) is 16.3 Å². The van der Waals surface area contributed by atoms with E-state index in [1.165, 1.54) is 4.68 Å². The van der Waals surface area contributed by atoms with Gasteiger partial charge in [0.25, 0.3) is 5.56 Å². The Bertz CT molecular complexity index is 1170. The summed E-state index contributed by atoms with van der Waals surface area (Å²) < 4.78 is 46.2. The molecule has 0 unspecified atom stereocenters. The molecule has 0 amide bonds. The fourth-order valence-corrected chi connectivity index (χ4v) is 6.08. The topological polar surface area (TPSA) is 59.4 Å². The number of halogens is 4. The van der Waals surface area contributed by atoms with Crippen LogP contribution in [-0.4, -0.2) is 41.6 Å². The summed E-state index contributed by atoms with van der Waals surface area (Å²) in [4.78, 5) is 15.4. The van der Waals surface area contributed by atoms with Crippen molar-refractivity contribution < 1.29 is 17.9 Å². The molecule has 1 saturated heterocycles. The minimum absolute atomic E-state index is 0.0594. The second-order valence-corrected chi connectivity index (χ2v) is 11.0. The van der Waals surface area contributed by atoms with Gasteiger partial charge in [0, 0.05) is 36.8 Å². The molecule has 0 bridgehead atoms. The molecule has 0 spiro atoms. The molecule has 2 atom stereocenters. The van der Waals surface area contributed by atoms with E-state index in [2.05, 4.69) is 21.9 Å². The number of nitrogens with zero attached hydrogens (tertiary/aromatic N) is 3. The molecule has 38 heavy (non-hydrogen) atoms. The zero-order valence-corrected chi connectivity index (χ0v) is 22.1. The summed E-state index contributed by atoms with van der Waals surface area (Å²) in [5.74, 6) is 0.616. The van der Waals surface area contributed by atoms with E-state index in [1.54, 1.807) is 18.3 Å². The molecular formula is C28H34ClF3N4O2. The smallest absolute Gasteiger partial charge is 0.382 e. The molecule has 3 fully saturated rings. The number of anilines is 2. The van der Waals surface area contributed by atoms with E-state index in [0.717, 1.165) is 69.4 Å². The Kier molecular flexibility index (Phi) is 8.05. The molecule has 1 aromatic heterocycles. The van der Waals surface area contributed by atoms with Crippen molar-refractivity contribution >= 4 is 23.0 Å². The summed E-state index contributed by atoms with van der Waals surface area (Å²) in [6.07, 6.45) is 5.45. The summed E-state index contributed by atoms with van der Waals surface area (Å²) in [6.45, 7) is 5.91. The molecule has 2 aromatic rings. The number of alkyl halides is 3. The van der Waals surface area contributed by atoms with Crippen LogP contribution < -0.4 is 15.8 Å². The van der Waals surface area contributed by atoms with Gasteiger partial charge in [-0.25, -0.2) is 4.68 Å². The van der Waals surface area contributed by atoms with Crippen molar-refractivity contribution in [2.45, 2.75) is 69.2 Å². The second kappa shape index (κ2) is 11.3. The molecule has 1 aliphatic heterocycles. The van der Waals surface area contributed by atoms with Crippen molar-refractivity contribution in [2.24, 2.45) is 11.8 Å². The van der Waals surface area contributed by atoms with Crippen molar-refractivity contribution in [1.29, 1.82) is 0 Å². The summed E-state index contributed by atoms with van der Waals surface area (Å²) in [5, 5.41) is 7.87. The molecule has 5 rings (SSSR count). The van der Waals surface area contributed by atoms with Crippen molar-refractivity contribution in [1.82, 2.24) is 9.78 Å². The summed E-state index contributed by atoms with van der Waals surface area (Å²) in [5.41, 5.74) is 0.424. The third-order valence-corrected chi connectivity index (χ3v) is 8.54. The maximum absolute atomic E-state index is 13.1. The van der Waals surface area contributed by atoms with Crippen LogP contribution in [0.25, 0.3) is 0 Å². The van der Waals surface area contributed by atoms with Crippen molar-refractivity contribution in [3.8, 4) is 0 Å². The highest BCUT2D eigenvalue weighted by Gasteiger charge is 2.37. The fourth-order valence-electron chi connectivity index (χ4n) is 5.88. The van der Waals surface area contributed by atoms with E-state index >= 15 is 0 Å². The Labute approximate surface area is 225 Å². The first-order valence-electron chi connectivity index (χ1n) is 13.4. The van der Waals surface area contributed by atoms with Crippen molar-refractivity contribution in [3.63, 3.8) is 0 Å². The quantitative estimate of drug-likeness (QED) is 0.390. The van der Waals surface area contributed by atoms with Crippen LogP contribution in [-0.2, 0) is 10.9 Å². The molecule has 3 aliphatic rings. The zero-order chi connectivity index (χ0) is 26.9. The van der Waals surface area contributed by atoms with Crippen LogP contribution in [0.15, 0.2) is 47.9 Å². The molecule has 2 heterocycles. The van der Waals surface area contributed by atoms with Crippen molar-refractivity contribution in [2.75, 3.05) is 30.0 Å². The number of hydrogen-bond donors (Lipinski definition) is 1. The van der Waals surface area contributed by atoms with Crippen LogP contribution in [0.3, 0.4) is 0 Å². The molecule has 10 heteroatoms. The number of ether oxygens (including phenoxy) is 1. The Balaban J connectivity index is 1.22. The Morgan fingerprint density at radius 2 is 1.76 bits per heavy atom. The van der Waals surface area contributed by atoms with Gasteiger partial charge in [0.15, 0.2) is 0 Å². The normalized spacial score (nSPS) is 26.1. The standard InChI is InChI=1S/C28H34ClF3N4O2/c1-2-18-13-14-38-17-19(18)15-33-25-16-34-36(27(37)26(25)29)24-11-9-23(10-12-24)35(22-7-8-22)21-5-3-20(4-6-21)28(30,31)32/h2-6,16,18-19,22-24,33H,1,7-15,17H2/t18-,19-,23-,24-/m1/s1. The largest absolute Gasteiger partial charge is 0.416 e. The lowest BCUT2D eigenvalue weighted by Crippen LogP contribution is -2.41. The first-order chi connectivity index (χ1) is 18.3. The highest BCUT2D eigenvalue weighted by atomic mass is 35.5. The molecule has 1 N–H and O–H groups in total. The Morgan fingerprint density at radius 1 is 1.11 bits per heavy atom. The van der Waals surface area contributed by atoms with Crippen LogP contribution >= 0.6 is 11.6 Å². The van der Waals surface area contributed by atoms with Gasteiger partial charge in [0.2, 0.25) is 0 Å². The molecular weight excluding hydrogens is 517 g/mol. The Hall–Kier alpha value is -2.52. The van der Waals surface area contributed by atoms with Crippen molar-refractivity contribution in [3.05, 3.63) is 64.1 Å². The van der Waals surface area contributed by atoms with Crippen LogP contribution in [0.4, 0.5) is 24.5 Å². The van der Waals surface area contributed by atoms with Gasteiger partial charge >= 0.3 is 6.18 Å². The lowest BCUT2D eigenvalue weighted by molar-refractivity contribution is -0.137. The Morgan fingerprint density at radius 3 is 2.37 bits per heavy atom. The summed E-state index contributed by atoms with van der Waals surface area (Å²) in [6, 6.07) is 6.02. The predicted octanol–water partition coefficient (Wildman–Crippen LogP) is 6.32. The maximum Gasteiger partial charge on any atom is 0.416 e. The van der Waals surface area contributed by atoms with Crippen LogP contribution in [0, 0.1) is 11.8 Å². The monoisotopic (exact) mass is 550 g/mol. The van der Waals surface area contributed by atoms with Gasteiger partial charge in [0.05, 0.1) is 30.1 Å². The van der Waals surface area contributed by atoms with Gasteiger partial charge in [-0.1, -0.05) is 17.7 Å². The van der Waals surface area contributed by atoms with E-state index < -0.39 is 11.7 Å². The average Bonchev–Trinajstić information content (AvgIpc) is 3.75. The zero-order valence-electron chi connectivity index (χ0n) is 21.3. The molecule has 6 nitrogen and oxygen atoms in total. The first-order valence-corrected chi connectivity index (χ1v) is 13.8. The highest BCUT2D eigenvalue weighted by Crippen LogP contribution is 2.40. The van der Waals surface area contributed by atoms with E-state index in [0.29, 0.717) is 30.8 Å². The van der Waals surface area contributed by atoms with Crippen LogP contribution in [0.2, 0.25) is 5.02 Å². The number of aromatic nitrogens is 2. The molecule has 2 aliphatic carbocycles. The number of allylic oxidation sites excluding steroid dienone is 1. The minimum atomic E-state index is -4.34. The van der Waals surface area contributed by atoms with Gasteiger partial charge in [-0.3, -0.25) is 4.79 Å². The number of nitrogens with one attached hydrogen (secondary N) is 1. The van der Waals surface area contributed by atoms with Gasteiger partial charge in [-0.2, -0.15) is 18.3 Å². The van der Waals surface area contributed by atoms with E-state index in [-0.39, 0.29) is 28.6 Å². The highest BCUT2D eigenvalue weighted by molar-refractivity contribution is 6.32. The van der Waals surface area contributed by atoms with Gasteiger partial charge in [0.1, 0.15) is 5.02 Å². The third-order valence-electron chi connectivity index (χ3n) is 8.17. The predicted molar refractivity (Wildman–Crippen MR) is 143 cm³/mol. The molecule has 1 aromatic carbocycles. The lowest BCUT2D eigenvalue weighted by atomic mass is 9.88. The van der Waals surface area contributed by atoms with Crippen LogP contribution in [0.1, 0.15) is 56.6 Å². The third kappa shape index (κ3) is 5.88. The van der Waals surface area contributed by atoms with E-state index in [1.807, 2.05) is 6.08 Å². The minimum Gasteiger partial charge on any atom is -0.382 e. The first kappa shape index (κ1) is 27.1. The summed E-state index contributed by atoms with van der Waals surface area (Å²) >= 11 is 6.48. The molecule has 2 saturated carbocycles. The number of benzene rings is 1. The van der Waals surface area contributed by atoms with Gasteiger partial charge in [-0.15, -0.1) is 6.58 Å². The SMILES string of the molecule is C=C[C@@H]1CCOC[C@H]1CNc1cnn([C@H]2CC[C@H](N(c3ccc(C(F)(F)F)cc3)C3CC3)CC2)c(=O)c1Cl. The van der Waals surface area contributed by atoms with Gasteiger partial charge in [-0.05, 0) is 75.1 Å². The lowest BCUT2D eigenvalue weighted by Gasteiger charge is -2.39. The average molecular weight is 551 g/mol. The molecule has 206 valence electrons. The van der Waals surface area contributed by atoms with Crippen LogP contribution in [0.5, 0.6) is 0 Å². The van der Waals surface area contributed by atoms with E-state index in [9.17, 15) is 18.0 Å². The number of rotatable bonds is 8. The van der Waals surface area contributed by atoms with Gasteiger partial charge < -0.3 is 15.0 Å². The molecule has 0 radical (unpaired) electrons. The maximum atomic E-state index is 13.1. The number of hydrogen-bond acceptors (Lipinski definition) is 5. The fraction of sp³-hybridized carbons (Fsp3) is 0.571. The second-order valence-electron chi connectivity index (χ2n) is 10.7. The summed E-state index contributed by atoms with van der Waals surface area (Å²) in [7, 11) is 0.